The van der Waals surface area contributed by atoms with Crippen LogP contribution in [0, 0.1) is 0 Å². The Bertz CT molecular complexity index is 493. The van der Waals surface area contributed by atoms with Gasteiger partial charge in [0.05, 0.1) is 6.20 Å². The van der Waals surface area contributed by atoms with Crippen molar-refractivity contribution in [3.8, 4) is 0 Å². The van der Waals surface area contributed by atoms with Gasteiger partial charge in [0.25, 0.3) is 0 Å². The van der Waals surface area contributed by atoms with Gasteiger partial charge in [0, 0.05) is 37.9 Å². The first-order chi connectivity index (χ1) is 10.3. The predicted octanol–water partition coefficient (Wildman–Crippen LogP) is 2.30. The summed E-state index contributed by atoms with van der Waals surface area (Å²) in [6.45, 7) is 8.23. The summed E-state index contributed by atoms with van der Waals surface area (Å²) >= 11 is 0. The van der Waals surface area contributed by atoms with E-state index in [-0.39, 0.29) is 12.1 Å². The highest BCUT2D eigenvalue weighted by Gasteiger charge is 2.31. The van der Waals surface area contributed by atoms with E-state index in [4.69, 9.17) is 4.74 Å². The van der Waals surface area contributed by atoms with E-state index in [1.54, 1.807) is 4.68 Å². The molecule has 0 radical (unpaired) electrons. The maximum atomic E-state index is 12.2. The summed E-state index contributed by atoms with van der Waals surface area (Å²) < 4.78 is 7.29. The molecule has 1 N–H and O–H groups in total. The molecule has 1 atom stereocenters. The third-order valence-corrected chi connectivity index (χ3v) is 3.75. The smallest absolute Gasteiger partial charge is 0.410 e. The molecule has 6 heteroatoms. The summed E-state index contributed by atoms with van der Waals surface area (Å²) in [7, 11) is 1.92. The number of carbonyl (C=O) groups excluding carboxylic acids is 1. The molecule has 0 spiro atoms. The van der Waals surface area contributed by atoms with Crippen LogP contribution in [0.5, 0.6) is 0 Å². The van der Waals surface area contributed by atoms with Crippen LogP contribution in [-0.4, -0.2) is 45.5 Å². The van der Waals surface area contributed by atoms with E-state index >= 15 is 0 Å². The first-order valence-electron chi connectivity index (χ1n) is 8.03. The van der Waals surface area contributed by atoms with Gasteiger partial charge in [-0.15, -0.1) is 0 Å². The second kappa shape index (κ2) is 7.13. The standard InChI is InChI=1S/C16H28N4O2/c1-16(2,3)22-15(21)20-9-5-6-14(20)7-8-17-10-13-11-18-19(4)12-13/h11-12,14,17H,5-10H2,1-4H3. The number of ether oxygens (including phenoxy) is 1. The van der Waals surface area contributed by atoms with E-state index in [1.807, 2.05) is 45.1 Å². The maximum absolute atomic E-state index is 12.2. The molecule has 1 aliphatic rings. The number of nitrogens with zero attached hydrogens (tertiary/aromatic N) is 3. The first kappa shape index (κ1) is 16.8. The number of hydrogen-bond acceptors (Lipinski definition) is 4. The molecular weight excluding hydrogens is 280 g/mol. The number of rotatable bonds is 5. The molecule has 6 nitrogen and oxygen atoms in total. The third-order valence-electron chi connectivity index (χ3n) is 3.75. The average Bonchev–Trinajstić information content (AvgIpc) is 3.01. The van der Waals surface area contributed by atoms with Crippen molar-refractivity contribution in [2.45, 2.75) is 58.2 Å². The van der Waals surface area contributed by atoms with Gasteiger partial charge in [0.1, 0.15) is 5.60 Å². The highest BCUT2D eigenvalue weighted by Crippen LogP contribution is 2.22. The van der Waals surface area contributed by atoms with Gasteiger partial charge in [-0.05, 0) is 46.6 Å². The van der Waals surface area contributed by atoms with Crippen molar-refractivity contribution in [3.05, 3.63) is 18.0 Å². The van der Waals surface area contributed by atoms with Gasteiger partial charge in [-0.3, -0.25) is 4.68 Å². The molecule has 0 aliphatic carbocycles. The monoisotopic (exact) mass is 308 g/mol. The third kappa shape index (κ3) is 5.02. The first-order valence-corrected chi connectivity index (χ1v) is 8.03. The van der Waals surface area contributed by atoms with Gasteiger partial charge in [-0.1, -0.05) is 0 Å². The highest BCUT2D eigenvalue weighted by atomic mass is 16.6. The summed E-state index contributed by atoms with van der Waals surface area (Å²) in [6.07, 6.45) is 6.78. The van der Waals surface area contributed by atoms with Gasteiger partial charge in [0.2, 0.25) is 0 Å². The quantitative estimate of drug-likeness (QED) is 0.848. The zero-order chi connectivity index (χ0) is 16.2. The van der Waals surface area contributed by atoms with E-state index in [9.17, 15) is 4.79 Å². The van der Waals surface area contributed by atoms with E-state index < -0.39 is 5.60 Å². The second-order valence-electron chi connectivity index (χ2n) is 6.96. The molecule has 2 heterocycles. The van der Waals surface area contributed by atoms with Crippen LogP contribution in [-0.2, 0) is 18.3 Å². The Kier molecular flexibility index (Phi) is 5.45. The van der Waals surface area contributed by atoms with Gasteiger partial charge < -0.3 is 15.0 Å². The normalized spacial score (nSPS) is 18.7. The molecule has 1 saturated heterocycles. The van der Waals surface area contributed by atoms with Crippen molar-refractivity contribution >= 4 is 6.09 Å². The minimum absolute atomic E-state index is 0.178. The number of aryl methyl sites for hydroxylation is 1. The number of hydrogen-bond donors (Lipinski definition) is 1. The van der Waals surface area contributed by atoms with Crippen molar-refractivity contribution in [2.24, 2.45) is 7.05 Å². The van der Waals surface area contributed by atoms with Crippen molar-refractivity contribution < 1.29 is 9.53 Å². The van der Waals surface area contributed by atoms with E-state index in [1.165, 1.54) is 5.56 Å². The molecule has 124 valence electrons. The molecule has 22 heavy (non-hydrogen) atoms. The second-order valence-corrected chi connectivity index (χ2v) is 6.96. The van der Waals surface area contributed by atoms with Crippen LogP contribution in [0.4, 0.5) is 4.79 Å². The molecular formula is C16H28N4O2. The van der Waals surface area contributed by atoms with Crippen LogP contribution in [0.2, 0.25) is 0 Å². The molecule has 0 aromatic carbocycles. The van der Waals surface area contributed by atoms with Gasteiger partial charge in [-0.2, -0.15) is 5.10 Å². The lowest BCUT2D eigenvalue weighted by atomic mass is 10.1. The fraction of sp³-hybridized carbons (Fsp3) is 0.750. The van der Waals surface area contributed by atoms with Crippen LogP contribution in [0.1, 0.15) is 45.6 Å². The molecule has 1 unspecified atom stereocenters. The number of nitrogens with one attached hydrogen (secondary N) is 1. The Balaban J connectivity index is 1.73. The lowest BCUT2D eigenvalue weighted by molar-refractivity contribution is 0.0220. The number of amides is 1. The Morgan fingerprint density at radius 3 is 2.91 bits per heavy atom. The van der Waals surface area contributed by atoms with Gasteiger partial charge in [0.15, 0.2) is 0 Å². The van der Waals surface area contributed by atoms with Crippen LogP contribution < -0.4 is 5.32 Å². The van der Waals surface area contributed by atoms with Gasteiger partial charge >= 0.3 is 6.09 Å². The number of likely N-dealkylation sites (tertiary alicyclic amines) is 1. The maximum Gasteiger partial charge on any atom is 0.410 e. The van der Waals surface area contributed by atoms with Crippen LogP contribution in [0.3, 0.4) is 0 Å². The fourth-order valence-corrected chi connectivity index (χ4v) is 2.76. The summed E-state index contributed by atoms with van der Waals surface area (Å²) in [5, 5.41) is 7.57. The highest BCUT2D eigenvalue weighted by molar-refractivity contribution is 5.68. The van der Waals surface area contributed by atoms with Crippen molar-refractivity contribution in [2.75, 3.05) is 13.1 Å². The Morgan fingerprint density at radius 1 is 1.50 bits per heavy atom. The Morgan fingerprint density at radius 2 is 2.27 bits per heavy atom. The molecule has 2 rings (SSSR count). The molecule has 1 fully saturated rings. The SMILES string of the molecule is Cn1cc(CNCCC2CCCN2C(=O)OC(C)(C)C)cn1. The lowest BCUT2D eigenvalue weighted by Crippen LogP contribution is -2.40. The summed E-state index contributed by atoms with van der Waals surface area (Å²) in [6, 6.07) is 0.288. The zero-order valence-electron chi connectivity index (χ0n) is 14.1. The predicted molar refractivity (Wildman–Crippen MR) is 85.5 cm³/mol. The minimum Gasteiger partial charge on any atom is -0.444 e. The fourth-order valence-electron chi connectivity index (χ4n) is 2.76. The molecule has 0 bridgehead atoms. The lowest BCUT2D eigenvalue weighted by Gasteiger charge is -2.28. The van der Waals surface area contributed by atoms with E-state index in [2.05, 4.69) is 10.4 Å². The summed E-state index contributed by atoms with van der Waals surface area (Å²) in [4.78, 5) is 14.1. The molecule has 1 aliphatic heterocycles. The molecule has 1 aromatic heterocycles. The van der Waals surface area contributed by atoms with Crippen LogP contribution >= 0.6 is 0 Å². The van der Waals surface area contributed by atoms with Crippen LogP contribution in [0.25, 0.3) is 0 Å². The minimum atomic E-state index is -0.428. The number of aromatic nitrogens is 2. The van der Waals surface area contributed by atoms with Crippen molar-refractivity contribution in [3.63, 3.8) is 0 Å². The van der Waals surface area contributed by atoms with E-state index in [0.717, 1.165) is 38.9 Å². The molecule has 1 aromatic rings. The Hall–Kier alpha value is -1.56. The molecule has 0 saturated carbocycles. The summed E-state index contributed by atoms with van der Waals surface area (Å²) in [5.74, 6) is 0. The largest absolute Gasteiger partial charge is 0.444 e. The zero-order valence-corrected chi connectivity index (χ0v) is 14.1. The van der Waals surface area contributed by atoms with E-state index in [0.29, 0.717) is 0 Å². The van der Waals surface area contributed by atoms with Crippen LogP contribution in [0.15, 0.2) is 12.4 Å². The van der Waals surface area contributed by atoms with Gasteiger partial charge in [-0.25, -0.2) is 4.79 Å². The topological polar surface area (TPSA) is 59.4 Å². The number of carbonyl (C=O) groups is 1. The summed E-state index contributed by atoms with van der Waals surface area (Å²) in [5.41, 5.74) is 0.751. The van der Waals surface area contributed by atoms with Crippen molar-refractivity contribution in [1.29, 1.82) is 0 Å². The molecule has 1 amide bonds. The Labute approximate surface area is 132 Å². The van der Waals surface area contributed by atoms with Crippen molar-refractivity contribution in [1.82, 2.24) is 20.0 Å². The average molecular weight is 308 g/mol.